The van der Waals surface area contributed by atoms with Crippen LogP contribution in [0, 0.1) is 0 Å². The number of carbonyl (C=O) groups excluding carboxylic acids is 3. The van der Waals surface area contributed by atoms with E-state index in [1.54, 1.807) is 11.0 Å². The van der Waals surface area contributed by atoms with Crippen molar-refractivity contribution in [3.63, 3.8) is 0 Å². The standard InChI is InChI=1S/C18H20N2O5S/c1-19(11-16(21)20-6-8-24-9-7-20)17(22)12-25-18(23)15-10-13-4-2-3-5-14(13)26-15/h2-5,10H,6-9,11-12H2,1H3. The van der Waals surface area contributed by atoms with E-state index in [9.17, 15) is 14.4 Å². The summed E-state index contributed by atoms with van der Waals surface area (Å²) in [5.74, 6) is -1.09. The van der Waals surface area contributed by atoms with Crippen molar-refractivity contribution in [2.24, 2.45) is 0 Å². The van der Waals surface area contributed by atoms with Crippen LogP contribution in [0.15, 0.2) is 30.3 Å². The topological polar surface area (TPSA) is 76.2 Å². The zero-order valence-electron chi connectivity index (χ0n) is 14.5. The maximum Gasteiger partial charge on any atom is 0.348 e. The minimum absolute atomic E-state index is 0.0424. The lowest BCUT2D eigenvalue weighted by Crippen LogP contribution is -2.46. The molecule has 0 bridgehead atoms. The first kappa shape index (κ1) is 18.3. The summed E-state index contributed by atoms with van der Waals surface area (Å²) < 4.78 is 11.3. The van der Waals surface area contributed by atoms with E-state index in [4.69, 9.17) is 9.47 Å². The summed E-state index contributed by atoms with van der Waals surface area (Å²) in [5.41, 5.74) is 0. The molecule has 2 heterocycles. The van der Waals surface area contributed by atoms with Gasteiger partial charge in [-0.05, 0) is 17.5 Å². The maximum absolute atomic E-state index is 12.1. The van der Waals surface area contributed by atoms with Gasteiger partial charge in [0.05, 0.1) is 19.8 Å². The fraction of sp³-hybridized carbons (Fsp3) is 0.389. The summed E-state index contributed by atoms with van der Waals surface area (Å²) in [6.07, 6.45) is 0. The second kappa shape index (κ2) is 8.29. The van der Waals surface area contributed by atoms with Gasteiger partial charge in [-0.2, -0.15) is 0 Å². The number of likely N-dealkylation sites (N-methyl/N-ethyl adjacent to an activating group) is 1. The fourth-order valence-corrected chi connectivity index (χ4v) is 3.55. The van der Waals surface area contributed by atoms with Crippen molar-refractivity contribution in [2.75, 3.05) is 46.5 Å². The van der Waals surface area contributed by atoms with Crippen molar-refractivity contribution >= 4 is 39.2 Å². The highest BCUT2D eigenvalue weighted by atomic mass is 32.1. The molecule has 1 saturated heterocycles. The van der Waals surface area contributed by atoms with Crippen molar-refractivity contribution < 1.29 is 23.9 Å². The number of nitrogens with zero attached hydrogens (tertiary/aromatic N) is 2. The van der Waals surface area contributed by atoms with E-state index >= 15 is 0 Å². The number of fused-ring (bicyclic) bond motifs is 1. The van der Waals surface area contributed by atoms with Gasteiger partial charge in [-0.25, -0.2) is 4.79 Å². The summed E-state index contributed by atoms with van der Waals surface area (Å²) in [6.45, 7) is 1.65. The monoisotopic (exact) mass is 376 g/mol. The molecule has 1 aromatic heterocycles. The number of rotatable bonds is 5. The van der Waals surface area contributed by atoms with Crippen molar-refractivity contribution in [3.8, 4) is 0 Å². The summed E-state index contributed by atoms with van der Waals surface area (Å²) in [5, 5.41) is 0.962. The van der Waals surface area contributed by atoms with Gasteiger partial charge in [0.2, 0.25) is 5.91 Å². The first-order chi connectivity index (χ1) is 12.5. The molecule has 7 nitrogen and oxygen atoms in total. The van der Waals surface area contributed by atoms with E-state index < -0.39 is 11.9 Å². The average Bonchev–Trinajstić information content (AvgIpc) is 3.10. The third-order valence-electron chi connectivity index (χ3n) is 4.12. The van der Waals surface area contributed by atoms with Gasteiger partial charge in [-0.15, -0.1) is 11.3 Å². The van der Waals surface area contributed by atoms with E-state index in [1.165, 1.54) is 23.3 Å². The van der Waals surface area contributed by atoms with Gasteiger partial charge in [0.1, 0.15) is 4.88 Å². The second-order valence-electron chi connectivity index (χ2n) is 5.97. The Balaban J connectivity index is 1.49. The lowest BCUT2D eigenvalue weighted by molar-refractivity contribution is -0.143. The fourth-order valence-electron chi connectivity index (χ4n) is 2.59. The van der Waals surface area contributed by atoms with Crippen molar-refractivity contribution in [2.45, 2.75) is 0 Å². The van der Waals surface area contributed by atoms with Crippen molar-refractivity contribution in [1.82, 2.24) is 9.80 Å². The van der Waals surface area contributed by atoms with Crippen LogP contribution < -0.4 is 0 Å². The Morgan fingerprint density at radius 1 is 1.23 bits per heavy atom. The number of morpholine rings is 1. The first-order valence-electron chi connectivity index (χ1n) is 8.30. The van der Waals surface area contributed by atoms with Crippen LogP contribution in [0.5, 0.6) is 0 Å². The highest BCUT2D eigenvalue weighted by molar-refractivity contribution is 7.20. The van der Waals surface area contributed by atoms with Crippen LogP contribution in [-0.2, 0) is 19.1 Å². The molecule has 1 fully saturated rings. The number of carbonyl (C=O) groups is 3. The zero-order valence-corrected chi connectivity index (χ0v) is 15.3. The van der Waals surface area contributed by atoms with Gasteiger partial charge in [0.15, 0.2) is 6.61 Å². The molecule has 0 saturated carbocycles. The first-order valence-corrected chi connectivity index (χ1v) is 9.11. The third-order valence-corrected chi connectivity index (χ3v) is 5.21. The number of benzene rings is 1. The molecule has 0 N–H and O–H groups in total. The highest BCUT2D eigenvalue weighted by Gasteiger charge is 2.21. The van der Waals surface area contributed by atoms with Gasteiger partial charge < -0.3 is 19.3 Å². The van der Waals surface area contributed by atoms with E-state index in [0.717, 1.165) is 10.1 Å². The van der Waals surface area contributed by atoms with E-state index in [0.29, 0.717) is 31.2 Å². The zero-order chi connectivity index (χ0) is 18.5. The largest absolute Gasteiger partial charge is 0.451 e. The lowest BCUT2D eigenvalue weighted by Gasteiger charge is -2.28. The van der Waals surface area contributed by atoms with E-state index in [-0.39, 0.29) is 19.1 Å². The molecule has 0 atom stereocenters. The molecule has 0 radical (unpaired) electrons. The van der Waals surface area contributed by atoms with Crippen LogP contribution in [0.1, 0.15) is 9.67 Å². The molecular weight excluding hydrogens is 356 g/mol. The van der Waals surface area contributed by atoms with Crippen LogP contribution in [-0.4, -0.2) is 74.1 Å². The summed E-state index contributed by atoms with van der Waals surface area (Å²) >= 11 is 1.32. The molecule has 0 aliphatic carbocycles. The predicted molar refractivity (Wildman–Crippen MR) is 97.1 cm³/mol. The molecule has 0 spiro atoms. The van der Waals surface area contributed by atoms with Crippen LogP contribution >= 0.6 is 11.3 Å². The van der Waals surface area contributed by atoms with E-state index in [2.05, 4.69) is 0 Å². The summed E-state index contributed by atoms with van der Waals surface area (Å²) in [6, 6.07) is 9.39. The number of hydrogen-bond acceptors (Lipinski definition) is 6. The SMILES string of the molecule is CN(CC(=O)N1CCOCC1)C(=O)COC(=O)c1cc2ccccc2s1. The molecule has 8 heteroatoms. The molecule has 26 heavy (non-hydrogen) atoms. The van der Waals surface area contributed by atoms with Crippen LogP contribution in [0.25, 0.3) is 10.1 Å². The number of esters is 1. The minimum Gasteiger partial charge on any atom is -0.451 e. The van der Waals surface area contributed by atoms with Crippen molar-refractivity contribution in [1.29, 1.82) is 0 Å². The molecule has 0 unspecified atom stereocenters. The van der Waals surface area contributed by atoms with Crippen molar-refractivity contribution in [3.05, 3.63) is 35.2 Å². The average molecular weight is 376 g/mol. The van der Waals surface area contributed by atoms with E-state index in [1.807, 2.05) is 24.3 Å². The van der Waals surface area contributed by atoms with Gasteiger partial charge in [0.25, 0.3) is 5.91 Å². The molecule has 1 aliphatic rings. The number of ether oxygens (including phenoxy) is 2. The second-order valence-corrected chi connectivity index (χ2v) is 7.05. The van der Waals surface area contributed by atoms with Crippen LogP contribution in [0.3, 0.4) is 0 Å². The number of amides is 2. The molecule has 1 aromatic carbocycles. The Kier molecular flexibility index (Phi) is 5.85. The Morgan fingerprint density at radius 3 is 2.69 bits per heavy atom. The molecule has 138 valence electrons. The summed E-state index contributed by atoms with van der Waals surface area (Å²) in [7, 11) is 1.52. The number of thiophene rings is 1. The molecule has 2 aromatic rings. The quantitative estimate of drug-likeness (QED) is 0.737. The Labute approximate surface area is 155 Å². The van der Waals surface area contributed by atoms with Gasteiger partial charge in [-0.3, -0.25) is 9.59 Å². The normalized spacial score (nSPS) is 14.3. The predicted octanol–water partition coefficient (Wildman–Crippen LogP) is 1.38. The highest BCUT2D eigenvalue weighted by Crippen LogP contribution is 2.25. The number of hydrogen-bond donors (Lipinski definition) is 0. The summed E-state index contributed by atoms with van der Waals surface area (Å²) in [4.78, 5) is 39.8. The third kappa shape index (κ3) is 4.39. The molecular formula is C18H20N2O5S. The minimum atomic E-state index is -0.535. The van der Waals surface area contributed by atoms with Crippen LogP contribution in [0.2, 0.25) is 0 Å². The maximum atomic E-state index is 12.1. The molecule has 2 amide bonds. The molecule has 3 rings (SSSR count). The smallest absolute Gasteiger partial charge is 0.348 e. The van der Waals surface area contributed by atoms with Crippen LogP contribution in [0.4, 0.5) is 0 Å². The Hall–Kier alpha value is -2.45. The Morgan fingerprint density at radius 2 is 1.96 bits per heavy atom. The van der Waals surface area contributed by atoms with Gasteiger partial charge >= 0.3 is 5.97 Å². The lowest BCUT2D eigenvalue weighted by atomic mass is 10.2. The molecule has 1 aliphatic heterocycles. The van der Waals surface area contributed by atoms with Gasteiger partial charge in [0, 0.05) is 24.8 Å². The Bertz CT molecular complexity index is 780. The van der Waals surface area contributed by atoms with Gasteiger partial charge in [-0.1, -0.05) is 18.2 Å².